The van der Waals surface area contributed by atoms with Crippen molar-refractivity contribution in [1.82, 2.24) is 4.90 Å². The number of hydrogen-bond donors (Lipinski definition) is 2. The number of morpholine rings is 1. The van der Waals surface area contributed by atoms with E-state index in [9.17, 15) is 31.9 Å². The molecule has 0 spiro atoms. The van der Waals surface area contributed by atoms with Crippen molar-refractivity contribution in [2.24, 2.45) is 11.1 Å². The maximum absolute atomic E-state index is 14.6. The van der Waals surface area contributed by atoms with Crippen molar-refractivity contribution < 1.29 is 36.7 Å². The maximum atomic E-state index is 14.6. The van der Waals surface area contributed by atoms with Crippen LogP contribution in [-0.4, -0.2) is 67.7 Å². The number of hydrogen-bond acceptors (Lipinski definition) is 5. The number of carbonyl (C=O) groups excluding carboxylic acids is 3. The van der Waals surface area contributed by atoms with Crippen LogP contribution in [0.2, 0.25) is 0 Å². The van der Waals surface area contributed by atoms with Crippen molar-refractivity contribution in [3.63, 3.8) is 0 Å². The molecule has 8 nitrogen and oxygen atoms in total. The third-order valence-corrected chi connectivity index (χ3v) is 4.43. The zero-order chi connectivity index (χ0) is 24.3. The van der Waals surface area contributed by atoms with Gasteiger partial charge in [-0.1, -0.05) is 20.8 Å². The predicted octanol–water partition coefficient (Wildman–Crippen LogP) is 1.89. The van der Waals surface area contributed by atoms with Gasteiger partial charge in [0, 0.05) is 18.8 Å². The summed E-state index contributed by atoms with van der Waals surface area (Å²) in [6.07, 6.45) is -4.68. The van der Waals surface area contributed by atoms with Crippen molar-refractivity contribution in [3.8, 4) is 0 Å². The van der Waals surface area contributed by atoms with Gasteiger partial charge < -0.3 is 20.7 Å². The van der Waals surface area contributed by atoms with Crippen molar-refractivity contribution >= 4 is 29.1 Å². The minimum absolute atomic E-state index is 0.0332. The van der Waals surface area contributed by atoms with Gasteiger partial charge >= 0.3 is 6.18 Å². The molecule has 178 valence electrons. The number of primary amides is 1. The zero-order valence-electron chi connectivity index (χ0n) is 18.0. The summed E-state index contributed by atoms with van der Waals surface area (Å²) in [5, 5.41) is 2.24. The highest BCUT2D eigenvalue weighted by atomic mass is 19.4. The molecule has 0 radical (unpaired) electrons. The first kappa shape index (κ1) is 25.5. The number of amides is 3. The van der Waals surface area contributed by atoms with Crippen LogP contribution in [0.3, 0.4) is 0 Å². The molecule has 32 heavy (non-hydrogen) atoms. The number of anilines is 2. The fourth-order valence-electron chi connectivity index (χ4n) is 3.34. The van der Waals surface area contributed by atoms with E-state index in [0.29, 0.717) is 4.90 Å². The van der Waals surface area contributed by atoms with Crippen molar-refractivity contribution in [2.75, 3.05) is 43.1 Å². The molecule has 1 aromatic rings. The molecule has 0 bridgehead atoms. The molecule has 3 N–H and O–H groups in total. The molecular weight excluding hydrogens is 436 g/mol. The second-order valence-electron chi connectivity index (χ2n) is 8.64. The monoisotopic (exact) mass is 462 g/mol. The normalized spacial score (nSPS) is 16.2. The minimum Gasteiger partial charge on any atom is -0.370 e. The van der Waals surface area contributed by atoms with E-state index in [-0.39, 0.29) is 37.7 Å². The quantitative estimate of drug-likeness (QED) is 0.476. The highest BCUT2D eigenvalue weighted by Gasteiger charge is 2.40. The molecule has 0 aliphatic carbocycles. The highest BCUT2D eigenvalue weighted by Crippen LogP contribution is 2.26. The lowest BCUT2D eigenvalue weighted by molar-refractivity contribution is -0.159. The van der Waals surface area contributed by atoms with Gasteiger partial charge in [0.2, 0.25) is 5.91 Å². The molecule has 12 heteroatoms. The third-order valence-electron chi connectivity index (χ3n) is 4.43. The van der Waals surface area contributed by atoms with Crippen LogP contribution in [0.5, 0.6) is 0 Å². The summed E-state index contributed by atoms with van der Waals surface area (Å²) in [6.45, 7) is 3.34. The van der Waals surface area contributed by atoms with Gasteiger partial charge in [0.05, 0.1) is 18.8 Å². The van der Waals surface area contributed by atoms with Crippen molar-refractivity contribution in [3.05, 3.63) is 24.0 Å². The molecule has 2 rings (SSSR count). The van der Waals surface area contributed by atoms with E-state index >= 15 is 0 Å². The molecule has 1 aromatic carbocycles. The number of nitrogens with one attached hydrogen (secondary N) is 1. The van der Waals surface area contributed by atoms with Crippen molar-refractivity contribution in [1.29, 1.82) is 0 Å². The van der Waals surface area contributed by atoms with E-state index in [0.717, 1.165) is 6.07 Å². The third kappa shape index (κ3) is 7.16. The first-order chi connectivity index (χ1) is 14.7. The van der Waals surface area contributed by atoms with Gasteiger partial charge in [-0.2, -0.15) is 13.2 Å². The standard InChI is InChI=1S/C20H26F4N4O4/c1-19(2,3)10-27(11-20(22,23)24)16(17(25)30)18(31)26-12-4-5-14(13(21)8-12)28-6-7-32-9-15(28)29/h4-5,8,16H,6-7,9-11H2,1-3H3,(H2,25,30)(H,26,31)/t16-/m1/s1. The number of nitrogens with zero attached hydrogens (tertiary/aromatic N) is 2. The van der Waals surface area contributed by atoms with E-state index in [1.807, 2.05) is 0 Å². The molecule has 1 aliphatic rings. The fourth-order valence-corrected chi connectivity index (χ4v) is 3.34. The van der Waals surface area contributed by atoms with E-state index in [2.05, 4.69) is 5.32 Å². The van der Waals surface area contributed by atoms with Gasteiger partial charge in [0.15, 0.2) is 6.04 Å². The number of benzene rings is 1. The fraction of sp³-hybridized carbons (Fsp3) is 0.550. The Bertz CT molecular complexity index is 854. The average Bonchev–Trinajstić information content (AvgIpc) is 2.59. The van der Waals surface area contributed by atoms with Gasteiger partial charge in [-0.3, -0.25) is 19.3 Å². The SMILES string of the molecule is CC(C)(C)CN(CC(F)(F)F)[C@H](C(N)=O)C(=O)Nc1ccc(N2CCOCC2=O)c(F)c1. The van der Waals surface area contributed by atoms with Crippen LogP contribution >= 0.6 is 0 Å². The first-order valence-electron chi connectivity index (χ1n) is 9.76. The summed E-state index contributed by atoms with van der Waals surface area (Å²) in [5.74, 6) is -3.67. The van der Waals surface area contributed by atoms with Gasteiger partial charge in [-0.15, -0.1) is 0 Å². The van der Waals surface area contributed by atoms with Crippen LogP contribution in [0.15, 0.2) is 18.2 Å². The smallest absolute Gasteiger partial charge is 0.370 e. The Labute approximate surface area is 182 Å². The predicted molar refractivity (Wildman–Crippen MR) is 108 cm³/mol. The maximum Gasteiger partial charge on any atom is 0.401 e. The summed E-state index contributed by atoms with van der Waals surface area (Å²) in [5.41, 5.74) is 4.44. The largest absolute Gasteiger partial charge is 0.401 e. The Kier molecular flexibility index (Phi) is 7.83. The second-order valence-corrected chi connectivity index (χ2v) is 8.64. The molecule has 1 aliphatic heterocycles. The van der Waals surface area contributed by atoms with Crippen LogP contribution in [0.4, 0.5) is 28.9 Å². The van der Waals surface area contributed by atoms with Crippen LogP contribution in [-0.2, 0) is 19.1 Å². The summed E-state index contributed by atoms with van der Waals surface area (Å²) in [4.78, 5) is 38.3. The zero-order valence-corrected chi connectivity index (χ0v) is 18.0. The molecule has 1 heterocycles. The molecule has 0 saturated carbocycles. The minimum atomic E-state index is -4.68. The van der Waals surface area contributed by atoms with Gasteiger partial charge in [-0.25, -0.2) is 4.39 Å². The van der Waals surface area contributed by atoms with Gasteiger partial charge in [0.1, 0.15) is 12.4 Å². The van der Waals surface area contributed by atoms with Crippen LogP contribution in [0.1, 0.15) is 20.8 Å². The molecule has 1 fully saturated rings. The van der Waals surface area contributed by atoms with Crippen molar-refractivity contribution in [2.45, 2.75) is 33.0 Å². The summed E-state index contributed by atoms with van der Waals surface area (Å²) < 4.78 is 58.8. The Morgan fingerprint density at radius 3 is 2.41 bits per heavy atom. The summed E-state index contributed by atoms with van der Waals surface area (Å²) >= 11 is 0. The van der Waals surface area contributed by atoms with E-state index < -0.39 is 47.7 Å². The van der Waals surface area contributed by atoms with Crippen LogP contribution in [0.25, 0.3) is 0 Å². The molecule has 1 saturated heterocycles. The van der Waals surface area contributed by atoms with Gasteiger partial charge in [-0.05, 0) is 23.6 Å². The number of ether oxygens (including phenoxy) is 1. The lowest BCUT2D eigenvalue weighted by Gasteiger charge is -2.34. The topological polar surface area (TPSA) is 105 Å². The number of nitrogens with two attached hydrogens (primary N) is 1. The number of carbonyl (C=O) groups is 3. The number of alkyl halides is 3. The average molecular weight is 462 g/mol. The summed E-state index contributed by atoms with van der Waals surface area (Å²) in [6, 6.07) is 1.50. The Balaban J connectivity index is 2.25. The van der Waals surface area contributed by atoms with Gasteiger partial charge in [0.25, 0.3) is 11.8 Å². The molecule has 0 aromatic heterocycles. The lowest BCUT2D eigenvalue weighted by atomic mass is 9.95. The second kappa shape index (κ2) is 9.82. The molecular formula is C20H26F4N4O4. The molecule has 0 unspecified atom stereocenters. The van der Waals surface area contributed by atoms with Crippen LogP contribution < -0.4 is 16.0 Å². The lowest BCUT2D eigenvalue weighted by Crippen LogP contribution is -2.56. The first-order valence-corrected chi connectivity index (χ1v) is 9.76. The van der Waals surface area contributed by atoms with E-state index in [1.165, 1.54) is 17.0 Å². The summed E-state index contributed by atoms with van der Waals surface area (Å²) in [7, 11) is 0. The van der Waals surface area contributed by atoms with E-state index in [1.54, 1.807) is 20.8 Å². The molecule has 3 amide bonds. The van der Waals surface area contributed by atoms with Crippen LogP contribution in [0, 0.1) is 11.2 Å². The number of rotatable bonds is 7. The Morgan fingerprint density at radius 2 is 1.91 bits per heavy atom. The highest BCUT2D eigenvalue weighted by molar-refractivity contribution is 6.09. The number of halogens is 4. The Morgan fingerprint density at radius 1 is 1.25 bits per heavy atom. The Hall–Kier alpha value is -2.73. The van der Waals surface area contributed by atoms with E-state index in [4.69, 9.17) is 10.5 Å². The molecule has 1 atom stereocenters.